The van der Waals surface area contributed by atoms with Crippen molar-refractivity contribution in [2.24, 2.45) is 23.2 Å². The second kappa shape index (κ2) is 6.32. The third kappa shape index (κ3) is 3.62. The minimum Gasteiger partial charge on any atom is -0.307 e. The van der Waals surface area contributed by atoms with Gasteiger partial charge >= 0.3 is 6.03 Å². The second-order valence-corrected chi connectivity index (χ2v) is 8.23. The highest BCUT2D eigenvalue weighted by Gasteiger charge is 2.51. The predicted molar refractivity (Wildman–Crippen MR) is 91.9 cm³/mol. The number of nitrogens with one attached hydrogen (secondary N) is 3. The number of benzene rings is 1. The molecule has 0 spiro atoms. The fourth-order valence-electron chi connectivity index (χ4n) is 5.71. The van der Waals surface area contributed by atoms with Crippen LogP contribution in [0.15, 0.2) is 24.3 Å². The molecule has 25 heavy (non-hydrogen) atoms. The molecule has 0 saturated heterocycles. The van der Waals surface area contributed by atoms with Crippen LogP contribution in [0.4, 0.5) is 14.9 Å². The average molecular weight is 345 g/mol. The maximum atomic E-state index is 12.8. The summed E-state index contributed by atoms with van der Waals surface area (Å²) in [7, 11) is 0. The summed E-state index contributed by atoms with van der Waals surface area (Å²) < 4.78 is 12.8. The summed E-state index contributed by atoms with van der Waals surface area (Å²) in [6, 6.07) is 4.92. The van der Waals surface area contributed by atoms with E-state index in [9.17, 15) is 14.0 Å². The molecule has 0 heterocycles. The van der Waals surface area contributed by atoms with E-state index in [-0.39, 0.29) is 17.1 Å². The van der Waals surface area contributed by atoms with Crippen LogP contribution in [-0.4, -0.2) is 11.9 Å². The first kappa shape index (κ1) is 16.4. The Morgan fingerprint density at radius 3 is 2.08 bits per heavy atom. The zero-order valence-electron chi connectivity index (χ0n) is 14.2. The van der Waals surface area contributed by atoms with E-state index in [4.69, 9.17) is 0 Å². The molecule has 5 nitrogen and oxygen atoms in total. The van der Waals surface area contributed by atoms with Crippen molar-refractivity contribution in [1.82, 2.24) is 10.9 Å². The normalized spacial score (nSPS) is 32.3. The number of rotatable bonds is 3. The van der Waals surface area contributed by atoms with Crippen LogP contribution in [0.5, 0.6) is 0 Å². The Balaban J connectivity index is 1.26. The Labute approximate surface area is 146 Å². The Morgan fingerprint density at radius 2 is 1.52 bits per heavy atom. The molecule has 4 aliphatic rings. The van der Waals surface area contributed by atoms with Crippen LogP contribution in [0.3, 0.4) is 0 Å². The van der Waals surface area contributed by atoms with Crippen LogP contribution in [0.1, 0.15) is 44.9 Å². The molecular weight excluding hydrogens is 321 g/mol. The van der Waals surface area contributed by atoms with Gasteiger partial charge in [0.25, 0.3) is 0 Å². The van der Waals surface area contributed by atoms with E-state index < -0.39 is 6.03 Å². The van der Waals surface area contributed by atoms with Gasteiger partial charge in [0.15, 0.2) is 0 Å². The summed E-state index contributed by atoms with van der Waals surface area (Å²) in [5.74, 6) is 1.90. The van der Waals surface area contributed by atoms with E-state index >= 15 is 0 Å². The number of anilines is 1. The molecule has 5 rings (SSSR count). The van der Waals surface area contributed by atoms with Gasteiger partial charge in [-0.15, -0.1) is 0 Å². The van der Waals surface area contributed by atoms with Crippen molar-refractivity contribution >= 4 is 17.6 Å². The summed E-state index contributed by atoms with van der Waals surface area (Å²) in [6.07, 6.45) is 8.02. The molecule has 0 atom stereocenters. The average Bonchev–Trinajstić information content (AvgIpc) is 2.53. The number of carbonyl (C=O) groups is 2. The quantitative estimate of drug-likeness (QED) is 0.733. The van der Waals surface area contributed by atoms with Gasteiger partial charge in [0, 0.05) is 12.1 Å². The van der Waals surface area contributed by atoms with E-state index in [1.165, 1.54) is 43.5 Å². The number of halogens is 1. The van der Waals surface area contributed by atoms with Crippen molar-refractivity contribution in [2.45, 2.75) is 44.9 Å². The summed E-state index contributed by atoms with van der Waals surface area (Å²) in [5, 5.41) is 2.55. The summed E-state index contributed by atoms with van der Waals surface area (Å²) in [6.45, 7) is 0. The Kier molecular flexibility index (Phi) is 4.13. The van der Waals surface area contributed by atoms with Gasteiger partial charge in [-0.1, -0.05) is 0 Å². The summed E-state index contributed by atoms with van der Waals surface area (Å²) in [5.41, 5.74) is 5.51. The summed E-state index contributed by atoms with van der Waals surface area (Å²) in [4.78, 5) is 24.2. The lowest BCUT2D eigenvalue weighted by molar-refractivity contribution is -0.130. The third-order valence-electron chi connectivity index (χ3n) is 6.12. The minimum absolute atomic E-state index is 0.129. The second-order valence-electron chi connectivity index (χ2n) is 8.23. The van der Waals surface area contributed by atoms with Crippen molar-refractivity contribution < 1.29 is 14.0 Å². The molecule has 3 N–H and O–H groups in total. The van der Waals surface area contributed by atoms with E-state index in [1.807, 2.05) is 0 Å². The standard InChI is InChI=1S/C19H24FN3O2/c20-15-1-3-16(4-2-15)21-18(25)23-22-17(24)11-19-8-12-5-13(9-19)7-14(6-12)10-19/h1-4,12-14H,5-11H2,(H,22,24)(H2,21,23,25). The maximum absolute atomic E-state index is 12.8. The van der Waals surface area contributed by atoms with Gasteiger partial charge < -0.3 is 5.32 Å². The van der Waals surface area contributed by atoms with Gasteiger partial charge in [0.05, 0.1) is 0 Å². The number of hydrazine groups is 1. The summed E-state index contributed by atoms with van der Waals surface area (Å²) >= 11 is 0. The van der Waals surface area contributed by atoms with Crippen LogP contribution >= 0.6 is 0 Å². The van der Waals surface area contributed by atoms with E-state index in [2.05, 4.69) is 16.2 Å². The van der Waals surface area contributed by atoms with Crippen LogP contribution < -0.4 is 16.2 Å². The van der Waals surface area contributed by atoms with Crippen molar-refractivity contribution in [3.05, 3.63) is 30.1 Å². The van der Waals surface area contributed by atoms with Crippen LogP contribution in [0, 0.1) is 29.0 Å². The zero-order valence-corrected chi connectivity index (χ0v) is 14.2. The highest BCUT2D eigenvalue weighted by atomic mass is 19.1. The lowest BCUT2D eigenvalue weighted by Crippen LogP contribution is -2.50. The molecule has 6 heteroatoms. The van der Waals surface area contributed by atoms with Gasteiger partial charge in [0.2, 0.25) is 5.91 Å². The predicted octanol–water partition coefficient (Wildman–Crippen LogP) is 3.58. The van der Waals surface area contributed by atoms with Crippen LogP contribution in [0.2, 0.25) is 0 Å². The first-order valence-corrected chi connectivity index (χ1v) is 9.11. The number of hydrogen-bond donors (Lipinski definition) is 3. The topological polar surface area (TPSA) is 70.2 Å². The van der Waals surface area contributed by atoms with Crippen molar-refractivity contribution in [2.75, 3.05) is 5.32 Å². The van der Waals surface area contributed by atoms with Crippen molar-refractivity contribution in [3.8, 4) is 0 Å². The maximum Gasteiger partial charge on any atom is 0.337 e. The highest BCUT2D eigenvalue weighted by molar-refractivity contribution is 5.90. The van der Waals surface area contributed by atoms with E-state index in [0.29, 0.717) is 12.1 Å². The highest BCUT2D eigenvalue weighted by Crippen LogP contribution is 2.61. The molecule has 0 aromatic heterocycles. The Morgan fingerprint density at radius 1 is 0.960 bits per heavy atom. The fraction of sp³-hybridized carbons (Fsp3) is 0.579. The smallest absolute Gasteiger partial charge is 0.307 e. The molecule has 4 bridgehead atoms. The van der Waals surface area contributed by atoms with Crippen molar-refractivity contribution in [1.29, 1.82) is 0 Å². The van der Waals surface area contributed by atoms with Crippen LogP contribution in [0.25, 0.3) is 0 Å². The number of urea groups is 1. The van der Waals surface area contributed by atoms with Crippen molar-refractivity contribution in [3.63, 3.8) is 0 Å². The van der Waals surface area contributed by atoms with E-state index in [1.54, 1.807) is 0 Å². The molecule has 4 aliphatic carbocycles. The SMILES string of the molecule is O=C(CC12CC3CC(CC(C3)C1)C2)NNC(=O)Nc1ccc(F)cc1. The largest absolute Gasteiger partial charge is 0.337 e. The van der Waals surface area contributed by atoms with Gasteiger partial charge in [0.1, 0.15) is 5.82 Å². The molecule has 134 valence electrons. The van der Waals surface area contributed by atoms with Crippen LogP contribution in [-0.2, 0) is 4.79 Å². The lowest BCUT2D eigenvalue weighted by atomic mass is 9.49. The first-order valence-electron chi connectivity index (χ1n) is 9.11. The first-order chi connectivity index (χ1) is 12.0. The Hall–Kier alpha value is -2.11. The molecule has 3 amide bonds. The third-order valence-corrected chi connectivity index (χ3v) is 6.12. The van der Waals surface area contributed by atoms with Gasteiger partial charge in [-0.2, -0.15) is 0 Å². The molecule has 1 aromatic carbocycles. The lowest BCUT2D eigenvalue weighted by Gasteiger charge is -2.56. The molecule has 0 unspecified atom stereocenters. The number of carbonyl (C=O) groups excluding carboxylic acids is 2. The van der Waals surface area contributed by atoms with E-state index in [0.717, 1.165) is 37.0 Å². The number of amides is 3. The Bertz CT molecular complexity index is 638. The van der Waals surface area contributed by atoms with Gasteiger partial charge in [-0.25, -0.2) is 14.6 Å². The molecule has 0 aliphatic heterocycles. The zero-order chi connectivity index (χ0) is 17.4. The fourth-order valence-corrected chi connectivity index (χ4v) is 5.71. The van der Waals surface area contributed by atoms with Gasteiger partial charge in [-0.05, 0) is 86.0 Å². The molecule has 1 aromatic rings. The minimum atomic E-state index is -0.537. The van der Waals surface area contributed by atoms with Gasteiger partial charge in [-0.3, -0.25) is 10.2 Å². The molecule has 0 radical (unpaired) electrons. The molecule has 4 saturated carbocycles. The molecule has 4 fully saturated rings. The monoisotopic (exact) mass is 345 g/mol. The molecular formula is C19H24FN3O2. The number of hydrogen-bond acceptors (Lipinski definition) is 2.